The van der Waals surface area contributed by atoms with E-state index in [0.717, 1.165) is 18.7 Å². The van der Waals surface area contributed by atoms with E-state index in [-0.39, 0.29) is 11.4 Å². The highest BCUT2D eigenvalue weighted by Crippen LogP contribution is 2.37. The molecule has 2 heterocycles. The van der Waals surface area contributed by atoms with E-state index in [4.69, 9.17) is 33.7 Å². The molecule has 126 valence electrons. The number of hydrogen-bond acceptors (Lipinski definition) is 4. The minimum Gasteiger partial charge on any atom is -0.437 e. The first-order valence-electron chi connectivity index (χ1n) is 7.68. The molecular formula is C17H17Cl2N3O2. The van der Waals surface area contributed by atoms with Crippen LogP contribution in [0.15, 0.2) is 30.5 Å². The third-order valence-corrected chi connectivity index (χ3v) is 4.74. The van der Waals surface area contributed by atoms with Gasteiger partial charge >= 0.3 is 0 Å². The molecule has 0 saturated carbocycles. The van der Waals surface area contributed by atoms with Crippen molar-refractivity contribution in [2.75, 3.05) is 13.1 Å². The molecule has 2 N–H and O–H groups in total. The second kappa shape index (κ2) is 7.38. The summed E-state index contributed by atoms with van der Waals surface area (Å²) >= 11 is 12.8. The minimum absolute atomic E-state index is 0.126. The highest BCUT2D eigenvalue weighted by molar-refractivity contribution is 6.37. The smallest absolute Gasteiger partial charge is 0.254 e. The van der Waals surface area contributed by atoms with Crippen molar-refractivity contribution < 1.29 is 9.53 Å². The number of carbonyl (C=O) groups excluding carboxylic acids is 1. The van der Waals surface area contributed by atoms with Crippen LogP contribution in [0.25, 0.3) is 0 Å². The van der Waals surface area contributed by atoms with Crippen LogP contribution in [0.5, 0.6) is 11.6 Å². The average molecular weight is 366 g/mol. The lowest BCUT2D eigenvalue weighted by Crippen LogP contribution is -2.19. The first-order valence-corrected chi connectivity index (χ1v) is 8.44. The lowest BCUT2D eigenvalue weighted by Gasteiger charge is -2.18. The van der Waals surface area contributed by atoms with Gasteiger partial charge in [-0.1, -0.05) is 23.2 Å². The fourth-order valence-corrected chi connectivity index (χ4v) is 3.26. The summed E-state index contributed by atoms with van der Waals surface area (Å²) in [5, 5.41) is 1.02. The molecule has 1 fully saturated rings. The van der Waals surface area contributed by atoms with Gasteiger partial charge in [-0.15, -0.1) is 0 Å². The topological polar surface area (TPSA) is 68.5 Å². The molecule has 5 nitrogen and oxygen atoms in total. The number of rotatable bonds is 5. The Morgan fingerprint density at radius 1 is 1.25 bits per heavy atom. The van der Waals surface area contributed by atoms with Gasteiger partial charge in [-0.05, 0) is 50.2 Å². The predicted molar refractivity (Wildman–Crippen MR) is 93.8 cm³/mol. The van der Waals surface area contributed by atoms with E-state index in [1.54, 1.807) is 24.3 Å². The Bertz CT molecular complexity index is 761. The van der Waals surface area contributed by atoms with Gasteiger partial charge in [0.2, 0.25) is 5.88 Å². The summed E-state index contributed by atoms with van der Waals surface area (Å²) in [6.45, 7) is 2.73. The predicted octanol–water partition coefficient (Wildman–Crippen LogP) is 3.88. The summed E-state index contributed by atoms with van der Waals surface area (Å²) in [6, 6.07) is 6.58. The number of pyridine rings is 1. The summed E-state index contributed by atoms with van der Waals surface area (Å²) in [4.78, 5) is 17.9. The zero-order chi connectivity index (χ0) is 17.1. The van der Waals surface area contributed by atoms with E-state index in [0.29, 0.717) is 22.3 Å². The highest BCUT2D eigenvalue weighted by Gasteiger charge is 2.19. The van der Waals surface area contributed by atoms with Crippen molar-refractivity contribution in [3.05, 3.63) is 51.6 Å². The number of nitrogens with two attached hydrogens (primary N) is 1. The van der Waals surface area contributed by atoms with E-state index >= 15 is 0 Å². The zero-order valence-corrected chi connectivity index (χ0v) is 14.5. The Hall–Kier alpha value is -1.82. The first kappa shape index (κ1) is 17.0. The minimum atomic E-state index is -0.611. The normalized spacial score (nSPS) is 14.8. The maximum absolute atomic E-state index is 11.5. The Labute approximate surface area is 150 Å². The Morgan fingerprint density at radius 3 is 2.71 bits per heavy atom. The lowest BCUT2D eigenvalue weighted by molar-refractivity contribution is 0.0997. The Morgan fingerprint density at radius 2 is 2.00 bits per heavy atom. The summed E-state index contributed by atoms with van der Waals surface area (Å²) < 4.78 is 5.74. The second-order valence-electron chi connectivity index (χ2n) is 5.64. The standard InChI is InChI=1S/C17H17Cl2N3O2/c18-13-5-6-14(15(19)12(13)10-22-8-1-2-9-22)24-17-11(16(20)23)4-3-7-21-17/h3-7H,1-2,8-10H2,(H2,20,23). The van der Waals surface area contributed by atoms with Crippen molar-refractivity contribution in [2.45, 2.75) is 19.4 Å². The van der Waals surface area contributed by atoms with Crippen molar-refractivity contribution in [3.8, 4) is 11.6 Å². The van der Waals surface area contributed by atoms with Crippen LogP contribution in [0.2, 0.25) is 10.0 Å². The first-order chi connectivity index (χ1) is 11.6. The van der Waals surface area contributed by atoms with Crippen LogP contribution in [0.3, 0.4) is 0 Å². The molecule has 3 rings (SSSR count). The summed E-state index contributed by atoms with van der Waals surface area (Å²) in [6.07, 6.45) is 3.89. The quantitative estimate of drug-likeness (QED) is 0.872. The molecule has 0 bridgehead atoms. The molecule has 1 aromatic heterocycles. The molecule has 24 heavy (non-hydrogen) atoms. The van der Waals surface area contributed by atoms with Crippen molar-refractivity contribution in [1.29, 1.82) is 0 Å². The summed E-state index contributed by atoms with van der Waals surface area (Å²) in [5.74, 6) is -0.0849. The summed E-state index contributed by atoms with van der Waals surface area (Å²) in [5.41, 5.74) is 6.36. The molecular weight excluding hydrogens is 349 g/mol. The average Bonchev–Trinajstić information content (AvgIpc) is 3.07. The molecule has 1 aliphatic heterocycles. The maximum Gasteiger partial charge on any atom is 0.254 e. The fraction of sp³-hybridized carbons (Fsp3) is 0.294. The molecule has 1 aromatic carbocycles. The molecule has 1 saturated heterocycles. The van der Waals surface area contributed by atoms with Crippen molar-refractivity contribution in [2.24, 2.45) is 5.73 Å². The van der Waals surface area contributed by atoms with E-state index in [2.05, 4.69) is 9.88 Å². The van der Waals surface area contributed by atoms with Gasteiger partial charge in [-0.3, -0.25) is 9.69 Å². The molecule has 0 spiro atoms. The van der Waals surface area contributed by atoms with Gasteiger partial charge in [0.25, 0.3) is 5.91 Å². The second-order valence-corrected chi connectivity index (χ2v) is 6.43. The molecule has 1 amide bonds. The van der Waals surface area contributed by atoms with Crippen LogP contribution in [-0.4, -0.2) is 28.9 Å². The van der Waals surface area contributed by atoms with Gasteiger partial charge < -0.3 is 10.5 Å². The third kappa shape index (κ3) is 3.64. The number of primary amides is 1. The number of nitrogens with zero attached hydrogens (tertiary/aromatic N) is 2. The van der Waals surface area contributed by atoms with Crippen LogP contribution in [0.4, 0.5) is 0 Å². The number of hydrogen-bond donors (Lipinski definition) is 1. The van der Waals surface area contributed by atoms with Crippen LogP contribution < -0.4 is 10.5 Å². The van der Waals surface area contributed by atoms with Crippen molar-refractivity contribution in [3.63, 3.8) is 0 Å². The van der Waals surface area contributed by atoms with Crippen LogP contribution >= 0.6 is 23.2 Å². The maximum atomic E-state index is 11.5. The number of halogens is 2. The largest absolute Gasteiger partial charge is 0.437 e. The number of likely N-dealkylation sites (tertiary alicyclic amines) is 1. The van der Waals surface area contributed by atoms with Crippen LogP contribution in [0, 0.1) is 0 Å². The van der Waals surface area contributed by atoms with Crippen LogP contribution in [0.1, 0.15) is 28.8 Å². The number of carbonyl (C=O) groups is 1. The van der Waals surface area contributed by atoms with Gasteiger partial charge in [0.15, 0.2) is 0 Å². The number of ether oxygens (including phenoxy) is 1. The van der Waals surface area contributed by atoms with Gasteiger partial charge in [0.05, 0.1) is 5.02 Å². The van der Waals surface area contributed by atoms with E-state index < -0.39 is 5.91 Å². The van der Waals surface area contributed by atoms with Crippen molar-refractivity contribution in [1.82, 2.24) is 9.88 Å². The highest BCUT2D eigenvalue weighted by atomic mass is 35.5. The molecule has 2 aromatic rings. The number of aromatic nitrogens is 1. The number of benzene rings is 1. The molecule has 0 atom stereocenters. The zero-order valence-electron chi connectivity index (χ0n) is 13.0. The van der Waals surface area contributed by atoms with Gasteiger partial charge in [-0.2, -0.15) is 0 Å². The molecule has 0 unspecified atom stereocenters. The van der Waals surface area contributed by atoms with Crippen molar-refractivity contribution >= 4 is 29.1 Å². The van der Waals surface area contributed by atoms with E-state index in [9.17, 15) is 4.79 Å². The molecule has 7 heteroatoms. The number of amides is 1. The molecule has 0 aliphatic carbocycles. The van der Waals surface area contributed by atoms with E-state index in [1.165, 1.54) is 19.0 Å². The SMILES string of the molecule is NC(=O)c1cccnc1Oc1ccc(Cl)c(CN2CCCC2)c1Cl. The van der Waals surface area contributed by atoms with Gasteiger partial charge in [-0.25, -0.2) is 4.98 Å². The van der Waals surface area contributed by atoms with Gasteiger partial charge in [0, 0.05) is 23.3 Å². The fourth-order valence-electron chi connectivity index (χ4n) is 2.73. The molecule has 1 aliphatic rings. The third-order valence-electron chi connectivity index (χ3n) is 3.97. The Kier molecular flexibility index (Phi) is 5.23. The Balaban J connectivity index is 1.90. The molecule has 0 radical (unpaired) electrons. The summed E-state index contributed by atoms with van der Waals surface area (Å²) in [7, 11) is 0. The van der Waals surface area contributed by atoms with Gasteiger partial charge in [0.1, 0.15) is 11.3 Å². The van der Waals surface area contributed by atoms with E-state index in [1.807, 2.05) is 0 Å². The van der Waals surface area contributed by atoms with Crippen LogP contribution in [-0.2, 0) is 6.54 Å². The lowest BCUT2D eigenvalue weighted by atomic mass is 10.2. The monoisotopic (exact) mass is 365 g/mol.